The molecule has 216 valence electrons. The smallest absolute Gasteiger partial charge is 0.411 e. The molecule has 38 heavy (non-hydrogen) atoms. The number of carbonyl (C=O) groups excluding carboxylic acids is 2. The van der Waals surface area contributed by atoms with Gasteiger partial charge in [0.2, 0.25) is 5.91 Å². The summed E-state index contributed by atoms with van der Waals surface area (Å²) in [5.41, 5.74) is 1.19. The van der Waals surface area contributed by atoms with Crippen molar-refractivity contribution < 1.29 is 28.2 Å². The molecule has 0 saturated carbocycles. The van der Waals surface area contributed by atoms with Crippen molar-refractivity contribution in [3.05, 3.63) is 21.4 Å². The maximum absolute atomic E-state index is 13.7. The minimum atomic E-state index is -2.19. The fourth-order valence-corrected chi connectivity index (χ4v) is 6.96. The van der Waals surface area contributed by atoms with Gasteiger partial charge >= 0.3 is 6.09 Å². The number of ether oxygens (including phenoxy) is 3. The highest BCUT2D eigenvalue weighted by Crippen LogP contribution is 2.47. The molecule has 1 saturated heterocycles. The van der Waals surface area contributed by atoms with Crippen molar-refractivity contribution in [3.8, 4) is 0 Å². The molecule has 0 spiro atoms. The molecule has 0 N–H and O–H groups in total. The summed E-state index contributed by atoms with van der Waals surface area (Å²) in [6, 6.07) is -0.777. The molecular formula is C28H48N2O6SSi. The van der Waals surface area contributed by atoms with Crippen LogP contribution in [0, 0.1) is 0 Å². The molecule has 0 radical (unpaired) electrons. The van der Waals surface area contributed by atoms with Crippen molar-refractivity contribution in [1.82, 2.24) is 9.80 Å². The third-order valence-electron chi connectivity index (χ3n) is 7.54. The Morgan fingerprint density at radius 3 is 2.39 bits per heavy atom. The number of thiophene rings is 1. The van der Waals surface area contributed by atoms with E-state index in [0.717, 1.165) is 41.9 Å². The van der Waals surface area contributed by atoms with Gasteiger partial charge in [-0.3, -0.25) is 9.69 Å². The standard InChI is InChI=1S/C28H48N2O6SSi/c1-27(2,3)35-26(32)30-17-20(36-38(9,10)28(4,5)6)24-22(23(30)25(31)29(7)8)19(18-37-24)14-16-34-21-13-11-12-15-33-21/h18,20-21,23H,11-17H2,1-10H3. The number of hydrogen-bond donors (Lipinski definition) is 0. The van der Waals surface area contributed by atoms with Gasteiger partial charge in [-0.1, -0.05) is 20.8 Å². The van der Waals surface area contributed by atoms with Crippen LogP contribution in [-0.2, 0) is 29.9 Å². The predicted molar refractivity (Wildman–Crippen MR) is 153 cm³/mol. The average molecular weight is 569 g/mol. The van der Waals surface area contributed by atoms with E-state index in [2.05, 4.69) is 39.2 Å². The molecule has 3 rings (SSSR count). The van der Waals surface area contributed by atoms with Crippen LogP contribution in [0.25, 0.3) is 0 Å². The van der Waals surface area contributed by atoms with Crippen LogP contribution < -0.4 is 0 Å². The number of hydrogen-bond acceptors (Lipinski definition) is 7. The lowest BCUT2D eigenvalue weighted by atomic mass is 9.92. The lowest BCUT2D eigenvalue weighted by Gasteiger charge is -2.45. The molecule has 3 atom stereocenters. The molecule has 3 unspecified atom stereocenters. The van der Waals surface area contributed by atoms with E-state index in [9.17, 15) is 9.59 Å². The monoisotopic (exact) mass is 568 g/mol. The topological polar surface area (TPSA) is 77.5 Å². The molecule has 2 aliphatic heterocycles. The quantitative estimate of drug-likeness (QED) is 0.361. The first-order valence-corrected chi connectivity index (χ1v) is 17.5. The van der Waals surface area contributed by atoms with Gasteiger partial charge in [0.05, 0.1) is 19.3 Å². The van der Waals surface area contributed by atoms with Crippen LogP contribution >= 0.6 is 11.3 Å². The summed E-state index contributed by atoms with van der Waals surface area (Å²) >= 11 is 1.62. The number of carbonyl (C=O) groups is 2. The average Bonchev–Trinajstić information content (AvgIpc) is 3.21. The van der Waals surface area contributed by atoms with Gasteiger partial charge in [0, 0.05) is 31.1 Å². The maximum atomic E-state index is 13.7. The second-order valence-corrected chi connectivity index (χ2v) is 18.8. The van der Waals surface area contributed by atoms with Crippen LogP contribution in [0.5, 0.6) is 0 Å². The van der Waals surface area contributed by atoms with Crippen molar-refractivity contribution in [3.63, 3.8) is 0 Å². The molecule has 0 bridgehead atoms. The van der Waals surface area contributed by atoms with Gasteiger partial charge in [-0.05, 0) is 75.5 Å². The van der Waals surface area contributed by atoms with Gasteiger partial charge in [-0.2, -0.15) is 0 Å². The Morgan fingerprint density at radius 1 is 1.16 bits per heavy atom. The summed E-state index contributed by atoms with van der Waals surface area (Å²) in [4.78, 5) is 31.4. The van der Waals surface area contributed by atoms with Crippen molar-refractivity contribution in [1.29, 1.82) is 0 Å². The van der Waals surface area contributed by atoms with E-state index < -0.39 is 26.1 Å². The molecule has 0 aromatic carbocycles. The van der Waals surface area contributed by atoms with Crippen LogP contribution in [0.1, 0.15) is 89.0 Å². The lowest BCUT2D eigenvalue weighted by Crippen LogP contribution is -2.52. The largest absolute Gasteiger partial charge is 0.444 e. The molecule has 1 aromatic heterocycles. The summed E-state index contributed by atoms with van der Waals surface area (Å²) in [6.07, 6.45) is 2.70. The summed E-state index contributed by atoms with van der Waals surface area (Å²) in [6.45, 7) is 18.1. The second-order valence-electron chi connectivity index (χ2n) is 13.1. The SMILES string of the molecule is CN(C)C(=O)C1c2c(CCOC3CCCCO3)csc2C(O[Si](C)(C)C(C)(C)C)CN1C(=O)OC(C)(C)C. The first-order chi connectivity index (χ1) is 17.5. The highest BCUT2D eigenvalue weighted by atomic mass is 32.1. The summed E-state index contributed by atoms with van der Waals surface area (Å²) in [5.74, 6) is -0.154. The van der Waals surface area contributed by atoms with Crippen molar-refractivity contribution >= 4 is 31.7 Å². The molecule has 1 aromatic rings. The molecule has 0 aliphatic carbocycles. The molecule has 3 heterocycles. The highest BCUT2D eigenvalue weighted by molar-refractivity contribution is 7.10. The van der Waals surface area contributed by atoms with Crippen LogP contribution in [0.15, 0.2) is 5.38 Å². The number of likely N-dealkylation sites (N-methyl/N-ethyl adjacent to an activating group) is 1. The molecular weight excluding hydrogens is 520 g/mol. The van der Waals surface area contributed by atoms with E-state index in [4.69, 9.17) is 18.6 Å². The zero-order chi connectivity index (χ0) is 28.5. The third kappa shape index (κ3) is 7.38. The van der Waals surface area contributed by atoms with E-state index >= 15 is 0 Å². The van der Waals surface area contributed by atoms with Gasteiger partial charge in [0.15, 0.2) is 14.6 Å². The first-order valence-electron chi connectivity index (χ1n) is 13.7. The van der Waals surface area contributed by atoms with Crippen LogP contribution in [-0.4, -0.2) is 75.9 Å². The van der Waals surface area contributed by atoms with Gasteiger partial charge in [0.25, 0.3) is 0 Å². The highest BCUT2D eigenvalue weighted by Gasteiger charge is 2.48. The van der Waals surface area contributed by atoms with E-state index in [0.29, 0.717) is 13.0 Å². The van der Waals surface area contributed by atoms with Crippen molar-refractivity contribution in [2.45, 2.75) is 109 Å². The first kappa shape index (κ1) is 31.1. The predicted octanol–water partition coefficient (Wildman–Crippen LogP) is 6.28. The Balaban J connectivity index is 2.01. The minimum Gasteiger partial charge on any atom is -0.444 e. The minimum absolute atomic E-state index is 0.00581. The van der Waals surface area contributed by atoms with Crippen molar-refractivity contribution in [2.24, 2.45) is 0 Å². The van der Waals surface area contributed by atoms with E-state index in [1.807, 2.05) is 20.8 Å². The van der Waals surface area contributed by atoms with Gasteiger partial charge in [-0.25, -0.2) is 4.79 Å². The third-order valence-corrected chi connectivity index (χ3v) is 13.2. The van der Waals surface area contributed by atoms with Crippen LogP contribution in [0.2, 0.25) is 18.1 Å². The molecule has 8 nitrogen and oxygen atoms in total. The fraction of sp³-hybridized carbons (Fsp3) is 0.786. The van der Waals surface area contributed by atoms with Gasteiger partial charge in [-0.15, -0.1) is 11.3 Å². The zero-order valence-electron chi connectivity index (χ0n) is 25.0. The molecule has 1 fully saturated rings. The Kier molecular flexibility index (Phi) is 9.78. The Hall–Kier alpha value is -1.46. The fourth-order valence-electron chi connectivity index (χ4n) is 4.46. The Labute approximate surface area is 234 Å². The summed E-state index contributed by atoms with van der Waals surface area (Å²) < 4.78 is 24.5. The lowest BCUT2D eigenvalue weighted by molar-refractivity contribution is -0.161. The number of nitrogens with zero attached hydrogens (tertiary/aromatic N) is 2. The van der Waals surface area contributed by atoms with E-state index in [1.54, 1.807) is 35.2 Å². The Morgan fingerprint density at radius 2 is 1.84 bits per heavy atom. The van der Waals surface area contributed by atoms with E-state index in [1.165, 1.54) is 0 Å². The van der Waals surface area contributed by atoms with Crippen LogP contribution in [0.3, 0.4) is 0 Å². The zero-order valence-corrected chi connectivity index (χ0v) is 26.8. The number of fused-ring (bicyclic) bond motifs is 1. The van der Waals surface area contributed by atoms with Crippen LogP contribution in [0.4, 0.5) is 4.79 Å². The normalized spacial score (nSPS) is 22.7. The Bertz CT molecular complexity index is 975. The molecule has 2 aliphatic rings. The van der Waals surface area contributed by atoms with Gasteiger partial charge in [0.1, 0.15) is 11.6 Å². The number of amides is 2. The molecule has 2 amide bonds. The van der Waals surface area contributed by atoms with Crippen molar-refractivity contribution in [2.75, 3.05) is 33.9 Å². The van der Waals surface area contributed by atoms with E-state index in [-0.39, 0.29) is 29.9 Å². The molecule has 10 heteroatoms. The van der Waals surface area contributed by atoms with Gasteiger partial charge < -0.3 is 23.5 Å². The number of rotatable bonds is 7. The second kappa shape index (κ2) is 12.0. The summed E-state index contributed by atoms with van der Waals surface area (Å²) in [5, 5.41) is 2.10. The summed E-state index contributed by atoms with van der Waals surface area (Å²) in [7, 11) is 1.26. The maximum Gasteiger partial charge on any atom is 0.411 e.